The molecule has 1 atom stereocenters. The predicted octanol–water partition coefficient (Wildman–Crippen LogP) is 3.81. The summed E-state index contributed by atoms with van der Waals surface area (Å²) in [5, 5.41) is 4.62. The van der Waals surface area contributed by atoms with E-state index in [1.54, 1.807) is 12.1 Å². The highest BCUT2D eigenvalue weighted by Gasteiger charge is 2.49. The zero-order valence-corrected chi connectivity index (χ0v) is 17.5. The number of imide groups is 1. The van der Waals surface area contributed by atoms with Crippen molar-refractivity contribution in [2.75, 3.05) is 11.9 Å². The Morgan fingerprint density at radius 3 is 2.23 bits per heavy atom. The molecule has 0 aromatic heterocycles. The molecule has 9 heteroatoms. The average molecular weight is 433 g/mol. The second-order valence-corrected chi connectivity index (χ2v) is 8.54. The zero-order valence-electron chi connectivity index (χ0n) is 17.5. The number of carbonyl (C=O) groups is 3. The van der Waals surface area contributed by atoms with Gasteiger partial charge in [0, 0.05) is 0 Å². The van der Waals surface area contributed by atoms with Gasteiger partial charge in [0.2, 0.25) is 5.91 Å². The minimum absolute atomic E-state index is 0.0956. The third-order valence-electron chi connectivity index (χ3n) is 5.21. The fourth-order valence-electron chi connectivity index (χ4n) is 3.30. The van der Waals surface area contributed by atoms with E-state index in [1.807, 2.05) is 38.2 Å². The third-order valence-corrected chi connectivity index (χ3v) is 5.21. The molecule has 2 aromatic carbocycles. The van der Waals surface area contributed by atoms with Crippen molar-refractivity contribution in [2.45, 2.75) is 38.6 Å². The number of nitrogens with one attached hydrogen (secondary N) is 2. The molecule has 1 heterocycles. The first kappa shape index (κ1) is 22.3. The summed E-state index contributed by atoms with van der Waals surface area (Å²) in [6.45, 7) is 6.93. The van der Waals surface area contributed by atoms with Gasteiger partial charge in [0.1, 0.15) is 12.1 Å². The van der Waals surface area contributed by atoms with E-state index in [4.69, 9.17) is 0 Å². The number of hydrogen-bond donors (Lipinski definition) is 2. The molecule has 2 aromatic rings. The molecular formula is C22H22F3N3O3. The predicted molar refractivity (Wildman–Crippen MR) is 108 cm³/mol. The molecule has 31 heavy (non-hydrogen) atoms. The van der Waals surface area contributed by atoms with Crippen LogP contribution in [0.5, 0.6) is 0 Å². The van der Waals surface area contributed by atoms with Crippen molar-refractivity contribution in [3.8, 4) is 0 Å². The third kappa shape index (κ3) is 4.12. The molecular weight excluding hydrogens is 411 g/mol. The van der Waals surface area contributed by atoms with Crippen LogP contribution in [0.1, 0.15) is 38.8 Å². The number of anilines is 1. The monoisotopic (exact) mass is 433 g/mol. The van der Waals surface area contributed by atoms with E-state index >= 15 is 0 Å². The number of benzene rings is 2. The molecule has 2 N–H and O–H groups in total. The summed E-state index contributed by atoms with van der Waals surface area (Å²) in [7, 11) is 0. The molecule has 0 bridgehead atoms. The van der Waals surface area contributed by atoms with Gasteiger partial charge >= 0.3 is 6.03 Å². The maximum absolute atomic E-state index is 13.8. The van der Waals surface area contributed by atoms with Gasteiger partial charge < -0.3 is 10.6 Å². The Morgan fingerprint density at radius 2 is 1.65 bits per heavy atom. The first-order chi connectivity index (χ1) is 14.3. The Morgan fingerprint density at radius 1 is 1.03 bits per heavy atom. The highest BCUT2D eigenvalue weighted by molar-refractivity contribution is 6.10. The van der Waals surface area contributed by atoms with Crippen LogP contribution in [-0.2, 0) is 20.5 Å². The van der Waals surface area contributed by atoms with Crippen LogP contribution in [0, 0.1) is 17.5 Å². The van der Waals surface area contributed by atoms with Crippen LogP contribution in [0.2, 0.25) is 0 Å². The first-order valence-electron chi connectivity index (χ1n) is 9.53. The summed E-state index contributed by atoms with van der Waals surface area (Å²) in [6, 6.07) is 7.90. The van der Waals surface area contributed by atoms with Crippen molar-refractivity contribution in [1.29, 1.82) is 0 Å². The van der Waals surface area contributed by atoms with E-state index in [9.17, 15) is 27.6 Å². The highest BCUT2D eigenvalue weighted by Crippen LogP contribution is 2.31. The molecule has 3 rings (SSSR count). The minimum atomic E-state index is -1.74. The van der Waals surface area contributed by atoms with E-state index < -0.39 is 53.1 Å². The van der Waals surface area contributed by atoms with Crippen LogP contribution in [0.3, 0.4) is 0 Å². The largest absolute Gasteiger partial charge is 0.325 e. The number of amides is 4. The Hall–Kier alpha value is -3.36. The first-order valence-corrected chi connectivity index (χ1v) is 9.53. The minimum Gasteiger partial charge on any atom is -0.322 e. The Labute approximate surface area is 177 Å². The molecule has 0 saturated carbocycles. The van der Waals surface area contributed by atoms with Gasteiger partial charge in [-0.2, -0.15) is 0 Å². The maximum Gasteiger partial charge on any atom is 0.325 e. The second-order valence-electron chi connectivity index (χ2n) is 8.54. The van der Waals surface area contributed by atoms with Crippen molar-refractivity contribution >= 4 is 23.5 Å². The summed E-state index contributed by atoms with van der Waals surface area (Å²) in [5.41, 5.74) is -0.505. The molecule has 0 unspecified atom stereocenters. The lowest BCUT2D eigenvalue weighted by molar-refractivity contribution is -0.133. The van der Waals surface area contributed by atoms with Gasteiger partial charge in [0.25, 0.3) is 5.91 Å². The van der Waals surface area contributed by atoms with E-state index in [2.05, 4.69) is 5.32 Å². The summed E-state index contributed by atoms with van der Waals surface area (Å²) < 4.78 is 40.1. The maximum atomic E-state index is 13.8. The van der Waals surface area contributed by atoms with E-state index in [0.29, 0.717) is 16.5 Å². The molecule has 0 aliphatic carbocycles. The van der Waals surface area contributed by atoms with E-state index in [1.165, 1.54) is 6.92 Å². The normalized spacial score (nSPS) is 18.9. The Kier molecular flexibility index (Phi) is 5.56. The van der Waals surface area contributed by atoms with Crippen molar-refractivity contribution in [2.24, 2.45) is 0 Å². The van der Waals surface area contributed by atoms with Crippen LogP contribution in [-0.4, -0.2) is 29.3 Å². The van der Waals surface area contributed by atoms with Crippen LogP contribution in [0.15, 0.2) is 36.4 Å². The molecule has 1 fully saturated rings. The van der Waals surface area contributed by atoms with Gasteiger partial charge in [-0.1, -0.05) is 45.0 Å². The molecule has 6 nitrogen and oxygen atoms in total. The number of carbonyl (C=O) groups excluding carboxylic acids is 3. The molecule has 1 aliphatic rings. The zero-order chi connectivity index (χ0) is 23.1. The molecule has 4 amide bonds. The Balaban J connectivity index is 1.77. The summed E-state index contributed by atoms with van der Waals surface area (Å²) in [6.07, 6.45) is 0. The standard InChI is InChI=1S/C22H22F3N3O3/c1-21(2,3)12-5-7-13(8-6-12)22(4)19(30)28(20(31)27-22)11-16(29)26-15-10-9-14(23)17(24)18(15)25/h5-10H,11H2,1-4H3,(H,26,29)(H,27,31)/t22-/m1/s1. The van der Waals surface area contributed by atoms with Crippen molar-refractivity contribution in [3.63, 3.8) is 0 Å². The lowest BCUT2D eigenvalue weighted by Crippen LogP contribution is -2.42. The van der Waals surface area contributed by atoms with Gasteiger partial charge in [-0.3, -0.25) is 14.5 Å². The van der Waals surface area contributed by atoms with E-state index in [0.717, 1.165) is 11.6 Å². The number of rotatable bonds is 4. The van der Waals surface area contributed by atoms with Crippen LogP contribution in [0.25, 0.3) is 0 Å². The smallest absolute Gasteiger partial charge is 0.322 e. The quantitative estimate of drug-likeness (QED) is 0.569. The topological polar surface area (TPSA) is 78.5 Å². The Bertz CT molecular complexity index is 1060. The molecule has 1 aliphatic heterocycles. The summed E-state index contributed by atoms with van der Waals surface area (Å²) in [4.78, 5) is 38.3. The molecule has 0 spiro atoms. The summed E-state index contributed by atoms with van der Waals surface area (Å²) in [5.74, 6) is -6.33. The fraction of sp³-hybridized carbons (Fsp3) is 0.318. The fourth-order valence-corrected chi connectivity index (χ4v) is 3.30. The van der Waals surface area contributed by atoms with Gasteiger partial charge in [0.05, 0.1) is 5.69 Å². The molecule has 1 saturated heterocycles. The lowest BCUT2D eigenvalue weighted by Gasteiger charge is -2.24. The number of urea groups is 1. The SMILES string of the molecule is CC(C)(C)c1ccc([C@@]2(C)NC(=O)N(CC(=O)Nc3ccc(F)c(F)c3F)C2=O)cc1. The number of hydrogen-bond acceptors (Lipinski definition) is 3. The summed E-state index contributed by atoms with van der Waals surface area (Å²) >= 11 is 0. The lowest BCUT2D eigenvalue weighted by atomic mass is 9.84. The highest BCUT2D eigenvalue weighted by atomic mass is 19.2. The van der Waals surface area contributed by atoms with Crippen molar-refractivity contribution in [1.82, 2.24) is 10.2 Å². The molecule has 164 valence electrons. The van der Waals surface area contributed by atoms with Gasteiger partial charge in [-0.05, 0) is 35.6 Å². The van der Waals surface area contributed by atoms with Crippen molar-refractivity contribution < 1.29 is 27.6 Å². The average Bonchev–Trinajstić information content (AvgIpc) is 2.92. The van der Waals surface area contributed by atoms with E-state index in [-0.39, 0.29) is 5.41 Å². The molecule has 0 radical (unpaired) electrons. The number of halogens is 3. The van der Waals surface area contributed by atoms with Crippen LogP contribution >= 0.6 is 0 Å². The number of nitrogens with zero attached hydrogens (tertiary/aromatic N) is 1. The van der Waals surface area contributed by atoms with Crippen LogP contribution < -0.4 is 10.6 Å². The van der Waals surface area contributed by atoms with Gasteiger partial charge in [-0.25, -0.2) is 18.0 Å². The van der Waals surface area contributed by atoms with Crippen LogP contribution in [0.4, 0.5) is 23.7 Å². The van der Waals surface area contributed by atoms with Gasteiger partial charge in [0.15, 0.2) is 17.5 Å². The van der Waals surface area contributed by atoms with Gasteiger partial charge in [-0.15, -0.1) is 0 Å². The van der Waals surface area contributed by atoms with Crippen molar-refractivity contribution in [3.05, 3.63) is 65.0 Å². The second kappa shape index (κ2) is 7.72.